The highest BCUT2D eigenvalue weighted by Crippen LogP contribution is 2.39. The van der Waals surface area contributed by atoms with Crippen LogP contribution in [0.15, 0.2) is 0 Å². The van der Waals surface area contributed by atoms with Crippen molar-refractivity contribution in [2.75, 3.05) is 13.7 Å². The van der Waals surface area contributed by atoms with E-state index in [1.165, 1.54) is 7.11 Å². The maximum Gasteiger partial charge on any atom is 0.313 e. The first-order valence-electron chi connectivity index (χ1n) is 5.16. The Balaban J connectivity index is 2.82. The van der Waals surface area contributed by atoms with Crippen molar-refractivity contribution < 1.29 is 14.3 Å². The van der Waals surface area contributed by atoms with Crippen molar-refractivity contribution in [2.45, 2.75) is 38.3 Å². The molecule has 0 aliphatic carbocycles. The lowest BCUT2D eigenvalue weighted by Crippen LogP contribution is -2.54. The molecule has 0 bridgehead atoms. The Kier molecular flexibility index (Phi) is 3.37. The maximum absolute atomic E-state index is 11.7. The highest BCUT2D eigenvalue weighted by molar-refractivity contribution is 6.17. The van der Waals surface area contributed by atoms with E-state index in [0.29, 0.717) is 0 Å². The van der Waals surface area contributed by atoms with E-state index in [-0.39, 0.29) is 11.2 Å². The summed E-state index contributed by atoms with van der Waals surface area (Å²) in [5, 5.41) is -0.238. The average Bonchev–Trinajstić information content (AvgIpc) is 2.17. The molecule has 1 heterocycles. The van der Waals surface area contributed by atoms with Crippen LogP contribution in [0.2, 0.25) is 0 Å². The second-order valence-electron chi connectivity index (χ2n) is 4.65. The van der Waals surface area contributed by atoms with Crippen LogP contribution in [0.5, 0.6) is 0 Å². The molecule has 1 aliphatic heterocycles. The predicted octanol–water partition coefficient (Wildman–Crippen LogP) is 0.448. The highest BCUT2D eigenvalue weighted by atomic mass is 28.1. The third-order valence-corrected chi connectivity index (χ3v) is 5.53. The normalized spacial score (nSPS) is 28.8. The van der Waals surface area contributed by atoms with E-state index in [0.717, 1.165) is 36.1 Å². The lowest BCUT2D eigenvalue weighted by atomic mass is 9.81. The molecule has 0 amide bonds. The molecule has 1 atom stereocenters. The molecule has 14 heavy (non-hydrogen) atoms. The molecule has 1 aliphatic rings. The van der Waals surface area contributed by atoms with Gasteiger partial charge < -0.3 is 9.47 Å². The number of hydrogen-bond donors (Lipinski definition) is 0. The van der Waals surface area contributed by atoms with E-state index in [1.54, 1.807) is 0 Å². The SMILES string of the molecule is COC(=O)C(C)(C)C1([SiH3])CCCCO1. The van der Waals surface area contributed by atoms with Gasteiger partial charge in [0, 0.05) is 16.8 Å². The summed E-state index contributed by atoms with van der Waals surface area (Å²) >= 11 is 0. The second kappa shape index (κ2) is 4.02. The van der Waals surface area contributed by atoms with Crippen molar-refractivity contribution >= 4 is 16.2 Å². The minimum absolute atomic E-state index is 0.158. The van der Waals surface area contributed by atoms with Crippen LogP contribution in [0.3, 0.4) is 0 Å². The number of ether oxygens (including phenoxy) is 2. The van der Waals surface area contributed by atoms with Crippen LogP contribution < -0.4 is 0 Å². The van der Waals surface area contributed by atoms with E-state index < -0.39 is 5.41 Å². The number of methoxy groups -OCH3 is 1. The summed E-state index contributed by atoms with van der Waals surface area (Å²) in [6.07, 6.45) is 3.26. The zero-order valence-corrected chi connectivity index (χ0v) is 11.6. The Morgan fingerprint density at radius 3 is 2.57 bits per heavy atom. The molecule has 1 fully saturated rings. The summed E-state index contributed by atoms with van der Waals surface area (Å²) in [5.41, 5.74) is -0.506. The molecule has 0 N–H and O–H groups in total. The van der Waals surface area contributed by atoms with Gasteiger partial charge in [0.15, 0.2) is 0 Å². The minimum atomic E-state index is -0.506. The fraction of sp³-hybridized carbons (Fsp3) is 0.900. The molecule has 82 valence electrons. The lowest BCUT2D eigenvalue weighted by Gasteiger charge is -2.44. The first-order valence-corrected chi connectivity index (χ1v) is 6.16. The van der Waals surface area contributed by atoms with Crippen molar-refractivity contribution in [2.24, 2.45) is 5.41 Å². The Morgan fingerprint density at radius 2 is 2.14 bits per heavy atom. The van der Waals surface area contributed by atoms with Crippen LogP contribution in [0.25, 0.3) is 0 Å². The first kappa shape index (κ1) is 11.7. The molecule has 1 saturated heterocycles. The van der Waals surface area contributed by atoms with Crippen molar-refractivity contribution in [1.82, 2.24) is 0 Å². The summed E-state index contributed by atoms with van der Waals surface area (Å²) in [6.45, 7) is 4.64. The highest BCUT2D eigenvalue weighted by Gasteiger charge is 2.48. The summed E-state index contributed by atoms with van der Waals surface area (Å²) in [5.74, 6) is -0.158. The van der Waals surface area contributed by atoms with Crippen molar-refractivity contribution in [3.05, 3.63) is 0 Å². The van der Waals surface area contributed by atoms with Gasteiger partial charge in [-0.3, -0.25) is 4.79 Å². The Labute approximate surface area is 88.6 Å². The Morgan fingerprint density at radius 1 is 1.50 bits per heavy atom. The van der Waals surface area contributed by atoms with Crippen LogP contribution in [0, 0.1) is 5.41 Å². The summed E-state index contributed by atoms with van der Waals surface area (Å²) in [7, 11) is 2.31. The zero-order chi connectivity index (χ0) is 10.8. The number of carbonyl (C=O) groups excluding carboxylic acids is 1. The molecule has 0 aromatic carbocycles. The van der Waals surface area contributed by atoms with E-state index in [4.69, 9.17) is 9.47 Å². The maximum atomic E-state index is 11.7. The molecule has 0 aromatic heterocycles. The fourth-order valence-electron chi connectivity index (χ4n) is 1.90. The van der Waals surface area contributed by atoms with Crippen molar-refractivity contribution in [3.63, 3.8) is 0 Å². The quantitative estimate of drug-likeness (QED) is 0.496. The molecule has 0 spiro atoms. The van der Waals surface area contributed by atoms with Crippen molar-refractivity contribution in [1.29, 1.82) is 0 Å². The summed E-state index contributed by atoms with van der Waals surface area (Å²) in [4.78, 5) is 11.7. The predicted molar refractivity (Wildman–Crippen MR) is 58.3 cm³/mol. The molecule has 0 aromatic rings. The van der Waals surface area contributed by atoms with Gasteiger partial charge in [-0.25, -0.2) is 0 Å². The van der Waals surface area contributed by atoms with Gasteiger partial charge in [0.2, 0.25) is 0 Å². The van der Waals surface area contributed by atoms with Crippen LogP contribution in [-0.4, -0.2) is 35.2 Å². The molecule has 4 heteroatoms. The number of carbonyl (C=O) groups is 1. The third kappa shape index (κ3) is 1.86. The van der Waals surface area contributed by atoms with Gasteiger partial charge in [-0.15, -0.1) is 0 Å². The first-order chi connectivity index (χ1) is 6.44. The summed E-state index contributed by atoms with van der Waals surface area (Å²) < 4.78 is 10.7. The molecule has 3 nitrogen and oxygen atoms in total. The van der Waals surface area contributed by atoms with Crippen LogP contribution >= 0.6 is 0 Å². The molecule has 1 rings (SSSR count). The van der Waals surface area contributed by atoms with Crippen molar-refractivity contribution in [3.8, 4) is 0 Å². The standard InChI is InChI=1S/C10H20O3Si/c1-9(2,8(11)12-3)10(14)6-4-5-7-13-10/h4-7H2,1-3,14H3. The van der Waals surface area contributed by atoms with Gasteiger partial charge >= 0.3 is 5.97 Å². The molecular weight excluding hydrogens is 196 g/mol. The minimum Gasteiger partial charge on any atom is -0.469 e. The van der Waals surface area contributed by atoms with Gasteiger partial charge in [0.05, 0.1) is 17.7 Å². The Bertz CT molecular complexity index is 219. The number of esters is 1. The Hall–Kier alpha value is -0.353. The van der Waals surface area contributed by atoms with E-state index in [9.17, 15) is 4.79 Å². The van der Waals surface area contributed by atoms with E-state index in [1.807, 2.05) is 13.8 Å². The molecule has 0 radical (unpaired) electrons. The van der Waals surface area contributed by atoms with Gasteiger partial charge in [-0.05, 0) is 33.1 Å². The van der Waals surface area contributed by atoms with Crippen LogP contribution in [-0.2, 0) is 14.3 Å². The summed E-state index contributed by atoms with van der Waals surface area (Å²) in [6, 6.07) is 0. The van der Waals surface area contributed by atoms with E-state index >= 15 is 0 Å². The topological polar surface area (TPSA) is 35.5 Å². The van der Waals surface area contributed by atoms with Gasteiger partial charge in [0.1, 0.15) is 0 Å². The fourth-order valence-corrected chi connectivity index (χ4v) is 2.66. The smallest absolute Gasteiger partial charge is 0.313 e. The van der Waals surface area contributed by atoms with E-state index in [2.05, 4.69) is 0 Å². The van der Waals surface area contributed by atoms with Crippen LogP contribution in [0.4, 0.5) is 0 Å². The van der Waals surface area contributed by atoms with Gasteiger partial charge in [-0.1, -0.05) is 0 Å². The third-order valence-electron chi connectivity index (χ3n) is 3.49. The molecule has 1 unspecified atom stereocenters. The van der Waals surface area contributed by atoms with Gasteiger partial charge in [0.25, 0.3) is 0 Å². The average molecular weight is 216 g/mol. The number of hydrogen-bond acceptors (Lipinski definition) is 3. The molecule has 0 saturated carbocycles. The second-order valence-corrected chi connectivity index (χ2v) is 6.27. The van der Waals surface area contributed by atoms with Crippen LogP contribution in [0.1, 0.15) is 33.1 Å². The van der Waals surface area contributed by atoms with Gasteiger partial charge in [-0.2, -0.15) is 0 Å². The zero-order valence-electron chi connectivity index (χ0n) is 9.55. The number of rotatable bonds is 2. The monoisotopic (exact) mass is 216 g/mol. The largest absolute Gasteiger partial charge is 0.469 e. The molecular formula is C10H20O3Si. The lowest BCUT2D eigenvalue weighted by molar-refractivity contribution is -0.168.